The van der Waals surface area contributed by atoms with Gasteiger partial charge in [-0.05, 0) is 18.8 Å². The summed E-state index contributed by atoms with van der Waals surface area (Å²) in [6, 6.07) is 0. The fourth-order valence-corrected chi connectivity index (χ4v) is 1.96. The van der Waals surface area contributed by atoms with Crippen LogP contribution in [0.1, 0.15) is 32.1 Å². The van der Waals surface area contributed by atoms with Crippen molar-refractivity contribution in [1.82, 2.24) is 0 Å². The maximum absolute atomic E-state index is 10.9. The molecule has 0 aromatic heterocycles. The van der Waals surface area contributed by atoms with E-state index in [0.29, 0.717) is 5.92 Å². The van der Waals surface area contributed by atoms with E-state index in [9.17, 15) is 4.79 Å². The SMILES string of the molecule is C=CC(OC(=O)OC)C1CCCCC1. The molecule has 0 N–H and O–H groups in total. The molecule has 0 saturated heterocycles. The summed E-state index contributed by atoms with van der Waals surface area (Å²) < 4.78 is 9.57. The minimum absolute atomic E-state index is 0.178. The molecular weight excluding hydrogens is 180 g/mol. The van der Waals surface area contributed by atoms with E-state index >= 15 is 0 Å². The average molecular weight is 198 g/mol. The molecule has 14 heavy (non-hydrogen) atoms. The van der Waals surface area contributed by atoms with Gasteiger partial charge < -0.3 is 9.47 Å². The van der Waals surface area contributed by atoms with Gasteiger partial charge in [0.1, 0.15) is 6.10 Å². The van der Waals surface area contributed by atoms with Gasteiger partial charge in [0.15, 0.2) is 0 Å². The normalized spacial score (nSPS) is 19.8. The highest BCUT2D eigenvalue weighted by Crippen LogP contribution is 2.28. The summed E-state index contributed by atoms with van der Waals surface area (Å²) in [5.74, 6) is 0.431. The Balaban J connectivity index is 2.43. The van der Waals surface area contributed by atoms with Gasteiger partial charge in [-0.1, -0.05) is 31.9 Å². The van der Waals surface area contributed by atoms with Crippen LogP contribution in [0.3, 0.4) is 0 Å². The van der Waals surface area contributed by atoms with Crippen LogP contribution in [0.15, 0.2) is 12.7 Å². The van der Waals surface area contributed by atoms with Gasteiger partial charge in [0, 0.05) is 0 Å². The van der Waals surface area contributed by atoms with Crippen LogP contribution in [-0.4, -0.2) is 19.4 Å². The van der Waals surface area contributed by atoms with Gasteiger partial charge in [0.2, 0.25) is 0 Å². The Labute approximate surface area is 85.1 Å². The lowest BCUT2D eigenvalue weighted by molar-refractivity contribution is 0.0254. The smallest absolute Gasteiger partial charge is 0.438 e. The lowest BCUT2D eigenvalue weighted by Gasteiger charge is -2.27. The Morgan fingerprint density at radius 2 is 2.07 bits per heavy atom. The van der Waals surface area contributed by atoms with Crippen molar-refractivity contribution in [3.63, 3.8) is 0 Å². The fourth-order valence-electron chi connectivity index (χ4n) is 1.96. The van der Waals surface area contributed by atoms with Crippen LogP contribution in [0.25, 0.3) is 0 Å². The molecule has 1 rings (SSSR count). The summed E-state index contributed by atoms with van der Waals surface area (Å²) in [7, 11) is 1.32. The summed E-state index contributed by atoms with van der Waals surface area (Å²) in [5, 5.41) is 0. The van der Waals surface area contributed by atoms with E-state index in [1.165, 1.54) is 26.4 Å². The molecule has 0 radical (unpaired) electrons. The predicted octanol–water partition coefficient (Wildman–Crippen LogP) is 2.90. The quantitative estimate of drug-likeness (QED) is 0.516. The summed E-state index contributed by atoms with van der Waals surface area (Å²) >= 11 is 0. The summed E-state index contributed by atoms with van der Waals surface area (Å²) in [4.78, 5) is 10.9. The number of carbonyl (C=O) groups excluding carboxylic acids is 1. The van der Waals surface area contributed by atoms with Crippen LogP contribution in [0.2, 0.25) is 0 Å². The number of carbonyl (C=O) groups is 1. The van der Waals surface area contributed by atoms with Crippen molar-refractivity contribution in [2.75, 3.05) is 7.11 Å². The van der Waals surface area contributed by atoms with E-state index < -0.39 is 6.16 Å². The van der Waals surface area contributed by atoms with Gasteiger partial charge in [-0.2, -0.15) is 0 Å². The van der Waals surface area contributed by atoms with E-state index in [1.54, 1.807) is 6.08 Å². The molecule has 3 nitrogen and oxygen atoms in total. The molecule has 1 fully saturated rings. The number of hydrogen-bond donors (Lipinski definition) is 0. The summed E-state index contributed by atoms with van der Waals surface area (Å²) in [5.41, 5.74) is 0. The van der Waals surface area contributed by atoms with Crippen LogP contribution < -0.4 is 0 Å². The lowest BCUT2D eigenvalue weighted by Crippen LogP contribution is -2.26. The lowest BCUT2D eigenvalue weighted by atomic mass is 9.85. The maximum atomic E-state index is 10.9. The second kappa shape index (κ2) is 5.68. The molecule has 1 aliphatic rings. The van der Waals surface area contributed by atoms with E-state index in [-0.39, 0.29) is 6.10 Å². The van der Waals surface area contributed by atoms with Crippen molar-refractivity contribution in [3.8, 4) is 0 Å². The van der Waals surface area contributed by atoms with E-state index in [0.717, 1.165) is 12.8 Å². The largest absolute Gasteiger partial charge is 0.508 e. The Hall–Kier alpha value is -0.990. The molecule has 1 atom stereocenters. The first kappa shape index (κ1) is 11.1. The van der Waals surface area contributed by atoms with Crippen molar-refractivity contribution in [1.29, 1.82) is 0 Å². The second-order valence-electron chi connectivity index (χ2n) is 3.67. The number of ether oxygens (including phenoxy) is 2. The first-order valence-electron chi connectivity index (χ1n) is 5.15. The van der Waals surface area contributed by atoms with Crippen molar-refractivity contribution >= 4 is 6.16 Å². The molecule has 0 aromatic rings. The minimum Gasteiger partial charge on any atom is -0.438 e. The van der Waals surface area contributed by atoms with Crippen molar-refractivity contribution in [3.05, 3.63) is 12.7 Å². The Morgan fingerprint density at radius 3 is 2.57 bits per heavy atom. The monoisotopic (exact) mass is 198 g/mol. The topological polar surface area (TPSA) is 35.5 Å². The number of hydrogen-bond acceptors (Lipinski definition) is 3. The van der Waals surface area contributed by atoms with E-state index in [2.05, 4.69) is 11.3 Å². The van der Waals surface area contributed by atoms with Crippen molar-refractivity contribution in [2.24, 2.45) is 5.92 Å². The van der Waals surface area contributed by atoms with Gasteiger partial charge in [0.25, 0.3) is 0 Å². The molecule has 3 heteroatoms. The first-order valence-corrected chi connectivity index (χ1v) is 5.15. The number of methoxy groups -OCH3 is 1. The maximum Gasteiger partial charge on any atom is 0.508 e. The molecular formula is C11H18O3. The molecule has 1 unspecified atom stereocenters. The first-order chi connectivity index (χ1) is 6.77. The third kappa shape index (κ3) is 3.05. The minimum atomic E-state index is -0.611. The molecule has 0 spiro atoms. The van der Waals surface area contributed by atoms with E-state index in [4.69, 9.17) is 4.74 Å². The van der Waals surface area contributed by atoms with E-state index in [1.807, 2.05) is 0 Å². The van der Waals surface area contributed by atoms with Crippen LogP contribution in [0, 0.1) is 5.92 Å². The zero-order valence-electron chi connectivity index (χ0n) is 8.70. The van der Waals surface area contributed by atoms with Crippen LogP contribution in [0.5, 0.6) is 0 Å². The predicted molar refractivity (Wildman–Crippen MR) is 54.1 cm³/mol. The third-order valence-electron chi connectivity index (χ3n) is 2.75. The molecule has 0 bridgehead atoms. The van der Waals surface area contributed by atoms with Crippen molar-refractivity contribution < 1.29 is 14.3 Å². The number of rotatable bonds is 3. The van der Waals surface area contributed by atoms with Gasteiger partial charge in [-0.25, -0.2) is 4.79 Å². The highest BCUT2D eigenvalue weighted by Gasteiger charge is 2.24. The zero-order chi connectivity index (χ0) is 10.4. The molecule has 1 aliphatic carbocycles. The zero-order valence-corrected chi connectivity index (χ0v) is 8.70. The third-order valence-corrected chi connectivity index (χ3v) is 2.75. The molecule has 0 heterocycles. The second-order valence-corrected chi connectivity index (χ2v) is 3.67. The molecule has 0 aliphatic heterocycles. The summed E-state index contributed by atoms with van der Waals surface area (Å²) in [6.45, 7) is 3.69. The molecule has 80 valence electrons. The highest BCUT2D eigenvalue weighted by molar-refractivity contribution is 5.60. The van der Waals surface area contributed by atoms with Crippen LogP contribution in [-0.2, 0) is 9.47 Å². The Bertz CT molecular complexity index is 195. The Morgan fingerprint density at radius 1 is 1.43 bits per heavy atom. The average Bonchev–Trinajstić information content (AvgIpc) is 2.26. The van der Waals surface area contributed by atoms with Gasteiger partial charge in [0.05, 0.1) is 7.11 Å². The fraction of sp³-hybridized carbons (Fsp3) is 0.727. The van der Waals surface area contributed by atoms with Crippen LogP contribution >= 0.6 is 0 Å². The Kier molecular flexibility index (Phi) is 4.50. The highest BCUT2D eigenvalue weighted by atomic mass is 16.7. The van der Waals surface area contributed by atoms with Crippen LogP contribution in [0.4, 0.5) is 4.79 Å². The van der Waals surface area contributed by atoms with Gasteiger partial charge in [-0.3, -0.25) is 0 Å². The van der Waals surface area contributed by atoms with Gasteiger partial charge >= 0.3 is 6.16 Å². The summed E-state index contributed by atoms with van der Waals surface area (Å²) in [6.07, 6.45) is 6.88. The molecule has 0 amide bonds. The molecule has 1 saturated carbocycles. The van der Waals surface area contributed by atoms with Gasteiger partial charge in [-0.15, -0.1) is 0 Å². The molecule has 0 aromatic carbocycles. The standard InChI is InChI=1S/C11H18O3/c1-3-10(14-11(12)13-2)9-7-5-4-6-8-9/h3,9-10H,1,4-8H2,2H3. The van der Waals surface area contributed by atoms with Crippen molar-refractivity contribution in [2.45, 2.75) is 38.2 Å².